The predicted molar refractivity (Wildman–Crippen MR) is 64.4 cm³/mol. The third-order valence-corrected chi connectivity index (χ3v) is 2.35. The number of aryl methyl sites for hydroxylation is 1. The smallest absolute Gasteiger partial charge is 0.217 e. The summed E-state index contributed by atoms with van der Waals surface area (Å²) in [5.41, 5.74) is 6.20. The van der Waals surface area contributed by atoms with E-state index in [1.165, 1.54) is 0 Å². The number of carbonyl (C=O) groups excluding carboxylic acids is 1. The Bertz CT molecular complexity index is 319. The number of carbonyl (C=O) groups is 1. The molecule has 0 bridgehead atoms. The zero-order valence-corrected chi connectivity index (χ0v) is 9.74. The number of unbranched alkanes of at least 4 members (excludes halogenated alkanes) is 1. The van der Waals surface area contributed by atoms with Crippen molar-refractivity contribution in [3.8, 4) is 5.75 Å². The first-order valence-corrected chi connectivity index (χ1v) is 5.72. The normalized spacial score (nSPS) is 10.1. The number of amides is 1. The molecule has 16 heavy (non-hydrogen) atoms. The Morgan fingerprint density at radius 1 is 1.31 bits per heavy atom. The highest BCUT2D eigenvalue weighted by Crippen LogP contribution is 2.13. The van der Waals surface area contributed by atoms with Crippen LogP contribution in [0.25, 0.3) is 0 Å². The van der Waals surface area contributed by atoms with Crippen molar-refractivity contribution in [1.29, 1.82) is 0 Å². The van der Waals surface area contributed by atoms with Crippen LogP contribution in [0.3, 0.4) is 0 Å². The molecule has 3 nitrogen and oxygen atoms in total. The average molecular weight is 221 g/mol. The molecule has 1 aromatic carbocycles. The van der Waals surface area contributed by atoms with Crippen molar-refractivity contribution in [3.63, 3.8) is 0 Å². The summed E-state index contributed by atoms with van der Waals surface area (Å²) < 4.78 is 5.54. The van der Waals surface area contributed by atoms with Gasteiger partial charge in [0.1, 0.15) is 5.75 Å². The molecule has 0 aliphatic rings. The van der Waals surface area contributed by atoms with Gasteiger partial charge in [-0.25, -0.2) is 0 Å². The van der Waals surface area contributed by atoms with Crippen molar-refractivity contribution in [2.75, 3.05) is 6.61 Å². The molecule has 0 saturated heterocycles. The number of benzene rings is 1. The second-order valence-corrected chi connectivity index (χ2v) is 3.81. The minimum Gasteiger partial charge on any atom is -0.494 e. The van der Waals surface area contributed by atoms with Crippen molar-refractivity contribution >= 4 is 5.91 Å². The van der Waals surface area contributed by atoms with Gasteiger partial charge in [0.2, 0.25) is 5.91 Å². The van der Waals surface area contributed by atoms with Crippen molar-refractivity contribution in [2.24, 2.45) is 5.73 Å². The quantitative estimate of drug-likeness (QED) is 0.718. The van der Waals surface area contributed by atoms with Gasteiger partial charge in [-0.15, -0.1) is 0 Å². The molecule has 0 radical (unpaired) electrons. The SMILES string of the molecule is CCCCOc1ccc(CCC(N)=O)cc1. The van der Waals surface area contributed by atoms with E-state index in [1.807, 2.05) is 24.3 Å². The Balaban J connectivity index is 2.38. The second-order valence-electron chi connectivity index (χ2n) is 3.81. The molecule has 0 spiro atoms. The highest BCUT2D eigenvalue weighted by Gasteiger charge is 1.98. The fraction of sp³-hybridized carbons (Fsp3) is 0.462. The summed E-state index contributed by atoms with van der Waals surface area (Å²) in [4.78, 5) is 10.6. The van der Waals surface area contributed by atoms with Crippen LogP contribution in [0, 0.1) is 0 Å². The molecule has 1 aromatic rings. The lowest BCUT2D eigenvalue weighted by atomic mass is 10.1. The number of hydrogen-bond donors (Lipinski definition) is 1. The van der Waals surface area contributed by atoms with E-state index in [9.17, 15) is 4.79 Å². The number of primary amides is 1. The highest BCUT2D eigenvalue weighted by atomic mass is 16.5. The predicted octanol–water partition coefficient (Wildman–Crippen LogP) is 2.28. The minimum absolute atomic E-state index is 0.261. The summed E-state index contributed by atoms with van der Waals surface area (Å²) in [5.74, 6) is 0.625. The Labute approximate surface area is 96.6 Å². The highest BCUT2D eigenvalue weighted by molar-refractivity contribution is 5.73. The molecular weight excluding hydrogens is 202 g/mol. The number of nitrogens with two attached hydrogens (primary N) is 1. The van der Waals surface area contributed by atoms with Crippen LogP contribution < -0.4 is 10.5 Å². The Morgan fingerprint density at radius 2 is 2.00 bits per heavy atom. The van der Waals surface area contributed by atoms with Gasteiger partial charge in [0, 0.05) is 6.42 Å². The van der Waals surface area contributed by atoms with E-state index in [2.05, 4.69) is 6.92 Å². The molecule has 0 unspecified atom stereocenters. The zero-order valence-electron chi connectivity index (χ0n) is 9.74. The van der Waals surface area contributed by atoms with Gasteiger partial charge in [-0.05, 0) is 30.5 Å². The summed E-state index contributed by atoms with van der Waals surface area (Å²) >= 11 is 0. The molecule has 0 aliphatic carbocycles. The van der Waals surface area contributed by atoms with Gasteiger partial charge in [0.15, 0.2) is 0 Å². The first kappa shape index (κ1) is 12.6. The Hall–Kier alpha value is -1.51. The molecule has 3 heteroatoms. The Morgan fingerprint density at radius 3 is 2.56 bits per heavy atom. The molecule has 0 heterocycles. The summed E-state index contributed by atoms with van der Waals surface area (Å²) in [7, 11) is 0. The van der Waals surface area contributed by atoms with E-state index < -0.39 is 0 Å². The van der Waals surface area contributed by atoms with Crippen LogP contribution in [-0.4, -0.2) is 12.5 Å². The van der Waals surface area contributed by atoms with Gasteiger partial charge in [0.05, 0.1) is 6.61 Å². The Kier molecular flexibility index (Phi) is 5.40. The minimum atomic E-state index is -0.261. The third-order valence-electron chi connectivity index (χ3n) is 2.35. The molecule has 1 amide bonds. The maximum atomic E-state index is 10.6. The topological polar surface area (TPSA) is 52.3 Å². The van der Waals surface area contributed by atoms with E-state index in [0.717, 1.165) is 30.8 Å². The first-order chi connectivity index (χ1) is 7.72. The monoisotopic (exact) mass is 221 g/mol. The van der Waals surface area contributed by atoms with Gasteiger partial charge < -0.3 is 10.5 Å². The van der Waals surface area contributed by atoms with Crippen molar-refractivity contribution in [1.82, 2.24) is 0 Å². The van der Waals surface area contributed by atoms with Crippen molar-refractivity contribution < 1.29 is 9.53 Å². The first-order valence-electron chi connectivity index (χ1n) is 5.72. The average Bonchev–Trinajstić information content (AvgIpc) is 2.28. The number of rotatable bonds is 7. The molecule has 0 saturated carbocycles. The van der Waals surface area contributed by atoms with E-state index in [4.69, 9.17) is 10.5 Å². The lowest BCUT2D eigenvalue weighted by Crippen LogP contribution is -2.11. The largest absolute Gasteiger partial charge is 0.494 e. The van der Waals surface area contributed by atoms with E-state index in [-0.39, 0.29) is 5.91 Å². The van der Waals surface area contributed by atoms with E-state index in [1.54, 1.807) is 0 Å². The molecule has 0 aromatic heterocycles. The van der Waals surface area contributed by atoms with Gasteiger partial charge in [0.25, 0.3) is 0 Å². The zero-order chi connectivity index (χ0) is 11.8. The van der Waals surface area contributed by atoms with Crippen molar-refractivity contribution in [3.05, 3.63) is 29.8 Å². The summed E-state index contributed by atoms with van der Waals surface area (Å²) in [5, 5.41) is 0. The maximum absolute atomic E-state index is 10.6. The molecule has 1 rings (SSSR count). The van der Waals surface area contributed by atoms with Crippen LogP contribution in [0.1, 0.15) is 31.7 Å². The molecule has 88 valence electrons. The standard InChI is InChI=1S/C13H19NO2/c1-2-3-10-16-12-7-4-11(5-8-12)6-9-13(14)15/h4-5,7-8H,2-3,6,9-10H2,1H3,(H2,14,15). The van der Waals surface area contributed by atoms with Crippen LogP contribution in [0.5, 0.6) is 5.75 Å². The molecule has 2 N–H and O–H groups in total. The summed E-state index contributed by atoms with van der Waals surface area (Å²) in [6, 6.07) is 7.83. The lowest BCUT2D eigenvalue weighted by Gasteiger charge is -2.06. The number of ether oxygens (including phenoxy) is 1. The molecule has 0 aliphatic heterocycles. The maximum Gasteiger partial charge on any atom is 0.217 e. The molecule has 0 atom stereocenters. The van der Waals surface area contributed by atoms with Crippen LogP contribution in [-0.2, 0) is 11.2 Å². The molecular formula is C13H19NO2. The van der Waals surface area contributed by atoms with Crippen molar-refractivity contribution in [2.45, 2.75) is 32.6 Å². The molecule has 0 fully saturated rings. The van der Waals surface area contributed by atoms with Crippen LogP contribution >= 0.6 is 0 Å². The third kappa shape index (κ3) is 4.82. The fourth-order valence-corrected chi connectivity index (χ4v) is 1.35. The lowest BCUT2D eigenvalue weighted by molar-refractivity contribution is -0.117. The van der Waals surface area contributed by atoms with E-state index >= 15 is 0 Å². The van der Waals surface area contributed by atoms with Crippen LogP contribution in [0.4, 0.5) is 0 Å². The fourth-order valence-electron chi connectivity index (χ4n) is 1.35. The van der Waals surface area contributed by atoms with Gasteiger partial charge in [-0.3, -0.25) is 4.79 Å². The van der Waals surface area contributed by atoms with Crippen LogP contribution in [0.2, 0.25) is 0 Å². The second kappa shape index (κ2) is 6.88. The van der Waals surface area contributed by atoms with E-state index in [0.29, 0.717) is 12.8 Å². The van der Waals surface area contributed by atoms with Gasteiger partial charge in [-0.2, -0.15) is 0 Å². The summed E-state index contributed by atoms with van der Waals surface area (Å²) in [6.07, 6.45) is 3.31. The number of hydrogen-bond acceptors (Lipinski definition) is 2. The van der Waals surface area contributed by atoms with Gasteiger partial charge >= 0.3 is 0 Å². The van der Waals surface area contributed by atoms with Crippen LogP contribution in [0.15, 0.2) is 24.3 Å². The van der Waals surface area contributed by atoms with Gasteiger partial charge in [-0.1, -0.05) is 25.5 Å². The summed E-state index contributed by atoms with van der Waals surface area (Å²) in [6.45, 7) is 2.90.